The molecule has 0 aliphatic carbocycles. The molecule has 1 saturated heterocycles. The minimum atomic E-state index is -0.335. The molecule has 1 fully saturated rings. The molecule has 1 aliphatic heterocycles. The number of amides is 2. The van der Waals surface area contributed by atoms with Gasteiger partial charge in [-0.3, -0.25) is 14.5 Å². The largest absolute Gasteiger partial charge is 0.369 e. The van der Waals surface area contributed by atoms with E-state index in [2.05, 4.69) is 10.5 Å². The number of hydrogen-bond donors (Lipinski definition) is 2. The van der Waals surface area contributed by atoms with Crippen molar-refractivity contribution in [2.75, 3.05) is 19.6 Å². The molecule has 1 aliphatic rings. The predicted molar refractivity (Wildman–Crippen MR) is 93.1 cm³/mol. The number of carbonyl (C=O) groups excluding carboxylic acids is 2. The molecule has 0 unspecified atom stereocenters. The summed E-state index contributed by atoms with van der Waals surface area (Å²) in [5, 5.41) is 7.38. The van der Waals surface area contributed by atoms with Crippen LogP contribution in [0, 0.1) is 0 Å². The number of nitrogens with two attached hydrogens (primary N) is 1. The molecule has 2 amide bonds. The Kier molecular flexibility index (Phi) is 5.35. The third kappa shape index (κ3) is 4.58. The van der Waals surface area contributed by atoms with Gasteiger partial charge in [0.15, 0.2) is 11.5 Å². The Bertz CT molecular complexity index is 769. The van der Waals surface area contributed by atoms with E-state index >= 15 is 0 Å². The number of hydrogen-bond acceptors (Lipinski definition) is 5. The van der Waals surface area contributed by atoms with Gasteiger partial charge < -0.3 is 15.6 Å². The summed E-state index contributed by atoms with van der Waals surface area (Å²) in [6.07, 6.45) is 1.52. The molecule has 2 heterocycles. The highest BCUT2D eigenvalue weighted by Crippen LogP contribution is 2.23. The van der Waals surface area contributed by atoms with Crippen LogP contribution in [-0.2, 0) is 4.79 Å². The van der Waals surface area contributed by atoms with Gasteiger partial charge in [0, 0.05) is 35.8 Å². The molecule has 7 nitrogen and oxygen atoms in total. The van der Waals surface area contributed by atoms with Crippen molar-refractivity contribution in [3.8, 4) is 11.3 Å². The molecule has 0 atom stereocenters. The number of nitrogens with zero attached hydrogens (tertiary/aromatic N) is 2. The summed E-state index contributed by atoms with van der Waals surface area (Å²) in [5.74, 6) is -0.118. The number of halogens is 1. The van der Waals surface area contributed by atoms with Gasteiger partial charge in [0.1, 0.15) is 0 Å². The molecule has 2 aromatic rings. The zero-order valence-electron chi connectivity index (χ0n) is 13.6. The van der Waals surface area contributed by atoms with Crippen LogP contribution in [0.1, 0.15) is 23.3 Å². The summed E-state index contributed by atoms with van der Waals surface area (Å²) in [7, 11) is 0. The standard InChI is InChI=1S/C17H19ClN4O3/c18-12-3-1-2-11(8-12)15-9-14(21-25-15)17(24)20-13-4-6-22(7-5-13)10-16(19)23/h1-3,8-9,13H,4-7,10H2,(H2,19,23)(H,20,24). The lowest BCUT2D eigenvalue weighted by Gasteiger charge is -2.31. The van der Waals surface area contributed by atoms with Gasteiger partial charge in [-0.25, -0.2) is 0 Å². The van der Waals surface area contributed by atoms with Gasteiger partial charge in [-0.05, 0) is 25.0 Å². The highest BCUT2D eigenvalue weighted by Gasteiger charge is 2.23. The van der Waals surface area contributed by atoms with Crippen molar-refractivity contribution in [2.45, 2.75) is 18.9 Å². The molecule has 8 heteroatoms. The Morgan fingerprint density at radius 1 is 1.32 bits per heavy atom. The van der Waals surface area contributed by atoms with Crippen LogP contribution >= 0.6 is 11.6 Å². The third-order valence-electron chi connectivity index (χ3n) is 4.15. The fourth-order valence-corrected chi connectivity index (χ4v) is 3.07. The van der Waals surface area contributed by atoms with Crippen LogP contribution in [0.3, 0.4) is 0 Å². The molecule has 3 rings (SSSR count). The lowest BCUT2D eigenvalue weighted by atomic mass is 10.0. The molecule has 3 N–H and O–H groups in total. The molecule has 1 aromatic heterocycles. The maximum Gasteiger partial charge on any atom is 0.273 e. The van der Waals surface area contributed by atoms with Gasteiger partial charge in [-0.15, -0.1) is 0 Å². The molecule has 132 valence electrons. The zero-order valence-corrected chi connectivity index (χ0v) is 14.3. The molecule has 0 bridgehead atoms. The first-order valence-corrected chi connectivity index (χ1v) is 8.43. The molecule has 0 radical (unpaired) electrons. The number of nitrogens with one attached hydrogen (secondary N) is 1. The maximum absolute atomic E-state index is 12.3. The van der Waals surface area contributed by atoms with Crippen LogP contribution in [0.2, 0.25) is 5.02 Å². The van der Waals surface area contributed by atoms with Crippen LogP contribution in [0.15, 0.2) is 34.9 Å². The van der Waals surface area contributed by atoms with Crippen LogP contribution in [0.25, 0.3) is 11.3 Å². The quantitative estimate of drug-likeness (QED) is 0.842. The van der Waals surface area contributed by atoms with Crippen LogP contribution in [-0.4, -0.2) is 47.5 Å². The summed E-state index contributed by atoms with van der Waals surface area (Å²) in [4.78, 5) is 25.3. The maximum atomic E-state index is 12.3. The minimum Gasteiger partial charge on any atom is -0.369 e. The number of primary amides is 1. The average Bonchev–Trinajstić information content (AvgIpc) is 3.06. The molecular formula is C17H19ClN4O3. The van der Waals surface area contributed by atoms with Gasteiger partial charge in [0.05, 0.1) is 6.54 Å². The summed E-state index contributed by atoms with van der Waals surface area (Å²) in [6, 6.07) is 8.80. The van der Waals surface area contributed by atoms with E-state index in [-0.39, 0.29) is 30.1 Å². The van der Waals surface area contributed by atoms with Crippen LogP contribution in [0.4, 0.5) is 0 Å². The van der Waals surface area contributed by atoms with Crippen molar-refractivity contribution in [1.29, 1.82) is 0 Å². The molecule has 25 heavy (non-hydrogen) atoms. The number of rotatable bonds is 5. The first kappa shape index (κ1) is 17.4. The lowest BCUT2D eigenvalue weighted by molar-refractivity contribution is -0.119. The fraction of sp³-hybridized carbons (Fsp3) is 0.353. The zero-order chi connectivity index (χ0) is 17.8. The van der Waals surface area contributed by atoms with Crippen molar-refractivity contribution in [2.24, 2.45) is 5.73 Å². The predicted octanol–water partition coefficient (Wildman–Crippen LogP) is 1.67. The number of aromatic nitrogens is 1. The molecule has 1 aromatic carbocycles. The average molecular weight is 363 g/mol. The van der Waals surface area contributed by atoms with E-state index in [0.29, 0.717) is 10.8 Å². The Morgan fingerprint density at radius 3 is 2.76 bits per heavy atom. The number of likely N-dealkylation sites (tertiary alicyclic amines) is 1. The van der Waals surface area contributed by atoms with E-state index in [0.717, 1.165) is 31.5 Å². The minimum absolute atomic E-state index is 0.0444. The van der Waals surface area contributed by atoms with Gasteiger partial charge in [-0.1, -0.05) is 28.9 Å². The summed E-state index contributed by atoms with van der Waals surface area (Å²) < 4.78 is 5.25. The first-order valence-electron chi connectivity index (χ1n) is 8.05. The smallest absolute Gasteiger partial charge is 0.273 e. The summed E-state index contributed by atoms with van der Waals surface area (Å²) >= 11 is 5.96. The summed E-state index contributed by atoms with van der Waals surface area (Å²) in [6.45, 7) is 1.70. The SMILES string of the molecule is NC(=O)CN1CCC(NC(=O)c2cc(-c3cccc(Cl)c3)on2)CC1. The lowest BCUT2D eigenvalue weighted by Crippen LogP contribution is -2.46. The van der Waals surface area contributed by atoms with E-state index in [1.54, 1.807) is 24.3 Å². The number of benzene rings is 1. The van der Waals surface area contributed by atoms with Crippen molar-refractivity contribution in [3.05, 3.63) is 41.0 Å². The van der Waals surface area contributed by atoms with Crippen LogP contribution in [0.5, 0.6) is 0 Å². The van der Waals surface area contributed by atoms with E-state index in [4.69, 9.17) is 21.9 Å². The van der Waals surface area contributed by atoms with Crippen molar-refractivity contribution in [1.82, 2.24) is 15.4 Å². The summed E-state index contributed by atoms with van der Waals surface area (Å²) in [5.41, 5.74) is 6.19. The van der Waals surface area contributed by atoms with Crippen molar-refractivity contribution >= 4 is 23.4 Å². The Morgan fingerprint density at radius 2 is 2.08 bits per heavy atom. The van der Waals surface area contributed by atoms with E-state index < -0.39 is 0 Å². The second kappa shape index (κ2) is 7.67. The first-order chi connectivity index (χ1) is 12.0. The van der Waals surface area contributed by atoms with Crippen molar-refractivity contribution < 1.29 is 14.1 Å². The highest BCUT2D eigenvalue weighted by atomic mass is 35.5. The van der Waals surface area contributed by atoms with E-state index in [1.807, 2.05) is 11.0 Å². The van der Waals surface area contributed by atoms with Crippen LogP contribution < -0.4 is 11.1 Å². The van der Waals surface area contributed by atoms with Gasteiger partial charge in [-0.2, -0.15) is 0 Å². The third-order valence-corrected chi connectivity index (χ3v) is 4.39. The van der Waals surface area contributed by atoms with Crippen molar-refractivity contribution in [3.63, 3.8) is 0 Å². The monoisotopic (exact) mass is 362 g/mol. The molecular weight excluding hydrogens is 344 g/mol. The Hall–Kier alpha value is -2.38. The fourth-order valence-electron chi connectivity index (χ4n) is 2.88. The second-order valence-corrected chi connectivity index (χ2v) is 6.51. The van der Waals surface area contributed by atoms with Gasteiger partial charge >= 0.3 is 0 Å². The Balaban J connectivity index is 1.57. The second-order valence-electron chi connectivity index (χ2n) is 6.08. The topological polar surface area (TPSA) is 101 Å². The number of carbonyl (C=O) groups is 2. The normalized spacial score (nSPS) is 15.9. The van der Waals surface area contributed by atoms with Gasteiger partial charge in [0.2, 0.25) is 5.91 Å². The van der Waals surface area contributed by atoms with Gasteiger partial charge in [0.25, 0.3) is 5.91 Å². The number of piperidine rings is 1. The van der Waals surface area contributed by atoms with E-state index in [1.165, 1.54) is 0 Å². The Labute approximate surface area is 150 Å². The van der Waals surface area contributed by atoms with E-state index in [9.17, 15) is 9.59 Å². The molecule has 0 spiro atoms. The highest BCUT2D eigenvalue weighted by molar-refractivity contribution is 6.30. The molecule has 0 saturated carbocycles.